The summed E-state index contributed by atoms with van der Waals surface area (Å²) in [5, 5.41) is 21.4. The van der Waals surface area contributed by atoms with Gasteiger partial charge in [0.05, 0.1) is 0 Å². The minimum Gasteiger partial charge on any atom is -0.508 e. The topological polar surface area (TPSA) is 86.6 Å². The summed E-state index contributed by atoms with van der Waals surface area (Å²) in [6.45, 7) is 11.8. The average molecular weight is 436 g/mol. The monoisotopic (exact) mass is 435 g/mol. The Labute approximate surface area is 182 Å². The van der Waals surface area contributed by atoms with Gasteiger partial charge in [-0.1, -0.05) is 49.1 Å². The number of allylic oxidation sites excluding steroid dienone is 4. The van der Waals surface area contributed by atoms with Gasteiger partial charge in [0.25, 0.3) is 0 Å². The van der Waals surface area contributed by atoms with Gasteiger partial charge in [0, 0.05) is 12.1 Å². The molecule has 0 heterocycles. The number of nitrogens with one attached hydrogen (secondary N) is 1. The molecule has 0 unspecified atom stereocenters. The molecule has 1 aromatic carbocycles. The smallest absolute Gasteiger partial charge is 0.244 e. The maximum Gasteiger partial charge on any atom is 0.244 e. The van der Waals surface area contributed by atoms with E-state index in [2.05, 4.69) is 38.1 Å². The molecule has 0 saturated heterocycles. The van der Waals surface area contributed by atoms with Gasteiger partial charge < -0.3 is 10.2 Å². The molecule has 0 fully saturated rings. The highest BCUT2D eigenvalue weighted by molar-refractivity contribution is 7.89. The molecular formula is C24H37NO4S. The van der Waals surface area contributed by atoms with Crippen LogP contribution < -0.4 is 4.72 Å². The lowest BCUT2D eigenvalue weighted by Gasteiger charge is -2.17. The molecule has 0 aromatic heterocycles. The van der Waals surface area contributed by atoms with E-state index < -0.39 is 10.0 Å². The van der Waals surface area contributed by atoms with Gasteiger partial charge in [-0.15, -0.1) is 6.58 Å². The summed E-state index contributed by atoms with van der Waals surface area (Å²) < 4.78 is 28.1. The molecule has 0 spiro atoms. The van der Waals surface area contributed by atoms with Crippen molar-refractivity contribution in [2.45, 2.75) is 77.5 Å². The van der Waals surface area contributed by atoms with Crippen LogP contribution in [-0.2, 0) is 22.9 Å². The Kier molecular flexibility index (Phi) is 10.9. The zero-order valence-corrected chi connectivity index (χ0v) is 19.6. The van der Waals surface area contributed by atoms with Crippen LogP contribution in [0.3, 0.4) is 0 Å². The maximum atomic E-state index is 12.8. The number of sulfonamides is 1. The first-order chi connectivity index (χ1) is 14.1. The maximum absolute atomic E-state index is 12.8. The van der Waals surface area contributed by atoms with Crippen LogP contribution in [0, 0.1) is 0 Å². The van der Waals surface area contributed by atoms with Gasteiger partial charge in [-0.25, -0.2) is 13.1 Å². The van der Waals surface area contributed by atoms with Crippen molar-refractivity contribution in [1.82, 2.24) is 4.72 Å². The predicted octanol–water partition coefficient (Wildman–Crippen LogP) is 5.53. The highest BCUT2D eigenvalue weighted by Crippen LogP contribution is 2.38. The molecule has 168 valence electrons. The van der Waals surface area contributed by atoms with Crippen molar-refractivity contribution in [3.8, 4) is 11.5 Å². The van der Waals surface area contributed by atoms with Gasteiger partial charge in [-0.2, -0.15) is 0 Å². The van der Waals surface area contributed by atoms with Crippen molar-refractivity contribution in [1.29, 1.82) is 0 Å². The first-order valence-electron chi connectivity index (χ1n) is 10.6. The second-order valence-corrected chi connectivity index (χ2v) is 9.59. The number of rotatable bonds is 13. The molecule has 0 atom stereocenters. The normalized spacial score (nSPS) is 12.1. The summed E-state index contributed by atoms with van der Waals surface area (Å²) in [4.78, 5) is -0.135. The molecule has 0 saturated carbocycles. The number of phenolic OH excluding ortho intramolecular Hbond substituents is 2. The number of aryl methyl sites for hydroxylation is 1. The Morgan fingerprint density at radius 3 is 2.47 bits per heavy atom. The van der Waals surface area contributed by atoms with Gasteiger partial charge in [-0.05, 0) is 64.5 Å². The molecule has 30 heavy (non-hydrogen) atoms. The molecule has 5 nitrogen and oxygen atoms in total. The number of unbranched alkanes of at least 4 members (excludes halogenated alkanes) is 2. The molecule has 3 N–H and O–H groups in total. The lowest BCUT2D eigenvalue weighted by molar-refractivity contribution is 0.426. The number of aromatic hydroxyl groups is 2. The summed E-state index contributed by atoms with van der Waals surface area (Å²) in [7, 11) is -3.93. The van der Waals surface area contributed by atoms with Crippen LogP contribution in [0.5, 0.6) is 11.5 Å². The van der Waals surface area contributed by atoms with Gasteiger partial charge in [0.2, 0.25) is 10.0 Å². The summed E-state index contributed by atoms with van der Waals surface area (Å²) in [6, 6.07) is 1.49. The fraction of sp³-hybridized carbons (Fsp3) is 0.500. The van der Waals surface area contributed by atoms with E-state index in [9.17, 15) is 18.6 Å². The van der Waals surface area contributed by atoms with Crippen molar-refractivity contribution in [2.75, 3.05) is 6.54 Å². The zero-order chi connectivity index (χ0) is 22.7. The van der Waals surface area contributed by atoms with Gasteiger partial charge in [0.1, 0.15) is 16.4 Å². The summed E-state index contributed by atoms with van der Waals surface area (Å²) in [6.07, 6.45) is 10.8. The Hall–Kier alpha value is -2.05. The fourth-order valence-corrected chi connectivity index (χ4v) is 4.55. The Bertz CT molecular complexity index is 879. The molecule has 1 aromatic rings. The van der Waals surface area contributed by atoms with Crippen molar-refractivity contribution in [2.24, 2.45) is 0 Å². The number of phenols is 2. The first kappa shape index (κ1) is 26.0. The fourth-order valence-electron chi connectivity index (χ4n) is 3.19. The Balaban J connectivity index is 3.29. The molecule has 0 aliphatic heterocycles. The number of benzene rings is 1. The van der Waals surface area contributed by atoms with Crippen LogP contribution in [-0.4, -0.2) is 25.2 Å². The third-order valence-electron chi connectivity index (χ3n) is 4.89. The Morgan fingerprint density at radius 2 is 1.87 bits per heavy atom. The highest BCUT2D eigenvalue weighted by atomic mass is 32.2. The molecule has 0 amide bonds. The quantitative estimate of drug-likeness (QED) is 0.281. The lowest BCUT2D eigenvalue weighted by Crippen LogP contribution is -2.25. The minimum atomic E-state index is -3.93. The van der Waals surface area contributed by atoms with E-state index in [1.54, 1.807) is 0 Å². The number of hydrogen-bond acceptors (Lipinski definition) is 4. The van der Waals surface area contributed by atoms with Crippen molar-refractivity contribution < 1.29 is 18.6 Å². The number of hydrogen-bond donors (Lipinski definition) is 3. The molecule has 6 heteroatoms. The van der Waals surface area contributed by atoms with E-state index in [1.807, 2.05) is 13.0 Å². The van der Waals surface area contributed by atoms with E-state index in [0.29, 0.717) is 12.0 Å². The van der Waals surface area contributed by atoms with E-state index in [-0.39, 0.29) is 34.9 Å². The molecule has 0 radical (unpaired) electrons. The van der Waals surface area contributed by atoms with Gasteiger partial charge in [-0.3, -0.25) is 0 Å². The van der Waals surface area contributed by atoms with Crippen LogP contribution in [0.4, 0.5) is 0 Å². The highest BCUT2D eigenvalue weighted by Gasteiger charge is 2.26. The van der Waals surface area contributed by atoms with Gasteiger partial charge >= 0.3 is 0 Å². The van der Waals surface area contributed by atoms with Crippen LogP contribution in [0.15, 0.2) is 46.9 Å². The molecular weight excluding hydrogens is 398 g/mol. The summed E-state index contributed by atoms with van der Waals surface area (Å²) >= 11 is 0. The van der Waals surface area contributed by atoms with Crippen molar-refractivity contribution in [3.05, 3.63) is 53.1 Å². The van der Waals surface area contributed by atoms with E-state index in [0.717, 1.165) is 37.7 Å². The largest absolute Gasteiger partial charge is 0.508 e. The summed E-state index contributed by atoms with van der Waals surface area (Å²) in [5.74, 6) is -0.443. The molecule has 0 aliphatic carbocycles. The van der Waals surface area contributed by atoms with Gasteiger partial charge in [0.15, 0.2) is 0 Å². The molecule has 0 bridgehead atoms. The van der Waals surface area contributed by atoms with Crippen molar-refractivity contribution >= 4 is 10.0 Å². The predicted molar refractivity (Wildman–Crippen MR) is 125 cm³/mol. The standard InChI is InChI=1S/C24H37NO4S/c1-6-8-9-13-20-17-22(26)21(15-14-19(5)12-10-11-18(3)4)23(27)24(20)30(28,29)25-16-7-2/h7,11,14,17,25-27H,2,6,8-10,12-13,15-16H2,1,3-5H3/b19-14+. The molecule has 1 rings (SSSR count). The minimum absolute atomic E-state index is 0.0652. The van der Waals surface area contributed by atoms with Crippen molar-refractivity contribution in [3.63, 3.8) is 0 Å². The third-order valence-corrected chi connectivity index (χ3v) is 6.43. The lowest BCUT2D eigenvalue weighted by atomic mass is 10.00. The van der Waals surface area contributed by atoms with E-state index >= 15 is 0 Å². The zero-order valence-electron chi connectivity index (χ0n) is 18.8. The first-order valence-corrected chi connectivity index (χ1v) is 12.1. The van der Waals surface area contributed by atoms with E-state index in [1.165, 1.54) is 17.7 Å². The summed E-state index contributed by atoms with van der Waals surface area (Å²) in [5.41, 5.74) is 3.05. The second kappa shape index (κ2) is 12.6. The van der Waals surface area contributed by atoms with Crippen LogP contribution >= 0.6 is 0 Å². The third kappa shape index (κ3) is 8.00. The van der Waals surface area contributed by atoms with Crippen LogP contribution in [0.25, 0.3) is 0 Å². The average Bonchev–Trinajstić information content (AvgIpc) is 2.65. The molecule has 0 aliphatic rings. The van der Waals surface area contributed by atoms with E-state index in [4.69, 9.17) is 0 Å². The van der Waals surface area contributed by atoms with Crippen LogP contribution in [0.2, 0.25) is 0 Å². The Morgan fingerprint density at radius 1 is 1.17 bits per heavy atom. The second-order valence-electron chi connectivity index (χ2n) is 7.88. The SMILES string of the molecule is C=CCNS(=O)(=O)c1c(CCCCC)cc(O)c(C/C=C(\C)CCC=C(C)C)c1O. The van der Waals surface area contributed by atoms with Crippen LogP contribution in [0.1, 0.15) is 70.9 Å².